The summed E-state index contributed by atoms with van der Waals surface area (Å²) in [4.78, 5) is 2.32. The molecule has 1 atom stereocenters. The zero-order valence-electron chi connectivity index (χ0n) is 16.4. The number of aromatic nitrogens is 2. The molecule has 0 aliphatic carbocycles. The standard InChI is InChI=1S/C21H25F3N4O/c1-13-9-15(21(22,23)24)11-18(29)19(13)17-10-14-5-2-3-8-28(20(14)27-26-17)16-6-4-7-25-12-16/h9-11,16,25,29H,2-8,12H2,1H3/t16-/m1/s1. The monoisotopic (exact) mass is 406 g/mol. The van der Waals surface area contributed by atoms with Crippen molar-refractivity contribution in [3.63, 3.8) is 0 Å². The van der Waals surface area contributed by atoms with E-state index in [9.17, 15) is 18.3 Å². The summed E-state index contributed by atoms with van der Waals surface area (Å²) >= 11 is 0. The number of phenols is 1. The molecule has 156 valence electrons. The van der Waals surface area contributed by atoms with Gasteiger partial charge in [0.1, 0.15) is 5.75 Å². The number of nitrogens with zero attached hydrogens (tertiary/aromatic N) is 3. The highest BCUT2D eigenvalue weighted by Crippen LogP contribution is 2.39. The Kier molecular flexibility index (Phi) is 5.38. The summed E-state index contributed by atoms with van der Waals surface area (Å²) in [6, 6.07) is 4.06. The van der Waals surface area contributed by atoms with E-state index in [1.54, 1.807) is 6.92 Å². The largest absolute Gasteiger partial charge is 0.507 e. The quantitative estimate of drug-likeness (QED) is 0.787. The van der Waals surface area contributed by atoms with Gasteiger partial charge in [0.2, 0.25) is 0 Å². The van der Waals surface area contributed by atoms with Crippen LogP contribution in [0.1, 0.15) is 42.4 Å². The first kappa shape index (κ1) is 19.9. The van der Waals surface area contributed by atoms with Crippen molar-refractivity contribution in [1.82, 2.24) is 15.5 Å². The number of hydrogen-bond acceptors (Lipinski definition) is 5. The Morgan fingerprint density at radius 3 is 2.66 bits per heavy atom. The molecule has 1 fully saturated rings. The van der Waals surface area contributed by atoms with Crippen molar-refractivity contribution in [1.29, 1.82) is 0 Å². The zero-order chi connectivity index (χ0) is 20.6. The van der Waals surface area contributed by atoms with Crippen LogP contribution in [0.2, 0.25) is 0 Å². The van der Waals surface area contributed by atoms with Gasteiger partial charge in [-0.05, 0) is 74.9 Å². The topological polar surface area (TPSA) is 61.3 Å². The minimum absolute atomic E-state index is 0.309. The average molecular weight is 406 g/mol. The Balaban J connectivity index is 1.72. The molecule has 0 saturated carbocycles. The minimum atomic E-state index is -4.51. The molecule has 5 nitrogen and oxygen atoms in total. The lowest BCUT2D eigenvalue weighted by Crippen LogP contribution is -2.47. The molecule has 3 heterocycles. The number of fused-ring (bicyclic) bond motifs is 1. The first-order valence-corrected chi connectivity index (χ1v) is 10.1. The highest BCUT2D eigenvalue weighted by atomic mass is 19.4. The van der Waals surface area contributed by atoms with Crippen LogP contribution in [0.4, 0.5) is 19.0 Å². The smallest absolute Gasteiger partial charge is 0.416 e. The maximum Gasteiger partial charge on any atom is 0.416 e. The van der Waals surface area contributed by atoms with Crippen LogP contribution in [-0.4, -0.2) is 41.0 Å². The number of anilines is 1. The Bertz CT molecular complexity index is 871. The van der Waals surface area contributed by atoms with E-state index in [1.807, 2.05) is 6.07 Å². The van der Waals surface area contributed by atoms with Crippen molar-refractivity contribution in [3.05, 3.63) is 34.9 Å². The van der Waals surface area contributed by atoms with Crippen molar-refractivity contribution in [2.24, 2.45) is 0 Å². The molecule has 1 aromatic heterocycles. The molecule has 1 saturated heterocycles. The Morgan fingerprint density at radius 1 is 1.14 bits per heavy atom. The molecule has 0 amide bonds. The van der Waals surface area contributed by atoms with Crippen LogP contribution in [0.5, 0.6) is 5.75 Å². The fraction of sp³-hybridized carbons (Fsp3) is 0.524. The van der Waals surface area contributed by atoms with Gasteiger partial charge in [0.25, 0.3) is 0 Å². The summed E-state index contributed by atoms with van der Waals surface area (Å²) in [6.45, 7) is 4.44. The number of rotatable bonds is 2. The first-order valence-electron chi connectivity index (χ1n) is 10.1. The van der Waals surface area contributed by atoms with Gasteiger partial charge < -0.3 is 15.3 Å². The summed E-state index contributed by atoms with van der Waals surface area (Å²) in [5.74, 6) is 0.442. The fourth-order valence-electron chi connectivity index (χ4n) is 4.40. The van der Waals surface area contributed by atoms with Crippen molar-refractivity contribution in [2.75, 3.05) is 24.5 Å². The number of alkyl halides is 3. The van der Waals surface area contributed by atoms with Gasteiger partial charge in [-0.2, -0.15) is 13.2 Å². The number of aromatic hydroxyl groups is 1. The number of phenolic OH excluding ortho intramolecular Hbond substituents is 1. The lowest BCUT2D eigenvalue weighted by atomic mass is 9.99. The van der Waals surface area contributed by atoms with E-state index in [-0.39, 0.29) is 0 Å². The molecule has 2 aliphatic heterocycles. The fourth-order valence-corrected chi connectivity index (χ4v) is 4.40. The third-order valence-corrected chi connectivity index (χ3v) is 5.83. The van der Waals surface area contributed by atoms with Gasteiger partial charge in [-0.1, -0.05) is 0 Å². The van der Waals surface area contributed by atoms with E-state index < -0.39 is 17.5 Å². The highest BCUT2D eigenvalue weighted by molar-refractivity contribution is 5.72. The van der Waals surface area contributed by atoms with E-state index in [4.69, 9.17) is 0 Å². The normalized spacial score (nSPS) is 20.3. The van der Waals surface area contributed by atoms with Gasteiger partial charge >= 0.3 is 6.18 Å². The van der Waals surface area contributed by atoms with E-state index >= 15 is 0 Å². The number of nitrogens with one attached hydrogen (secondary N) is 1. The molecule has 0 spiro atoms. The molecule has 1 aromatic carbocycles. The van der Waals surface area contributed by atoms with Crippen LogP contribution in [0.15, 0.2) is 18.2 Å². The van der Waals surface area contributed by atoms with Crippen LogP contribution in [0.3, 0.4) is 0 Å². The molecule has 0 radical (unpaired) electrons. The maximum atomic E-state index is 13.0. The predicted molar refractivity (Wildman–Crippen MR) is 105 cm³/mol. The number of halogens is 3. The molecule has 8 heteroatoms. The Hall–Kier alpha value is -2.35. The second kappa shape index (κ2) is 7.82. The summed E-state index contributed by atoms with van der Waals surface area (Å²) in [5, 5.41) is 22.5. The summed E-state index contributed by atoms with van der Waals surface area (Å²) < 4.78 is 39.1. The lowest BCUT2D eigenvalue weighted by molar-refractivity contribution is -0.137. The van der Waals surface area contributed by atoms with Gasteiger partial charge in [0.05, 0.1) is 11.3 Å². The zero-order valence-corrected chi connectivity index (χ0v) is 16.4. The van der Waals surface area contributed by atoms with Crippen molar-refractivity contribution in [3.8, 4) is 17.0 Å². The SMILES string of the molecule is Cc1cc(C(F)(F)F)cc(O)c1-c1cc2c(nn1)N([C@@H]1CCCNC1)CCCC2. The molecule has 0 bridgehead atoms. The molecular weight excluding hydrogens is 381 g/mol. The van der Waals surface area contributed by atoms with E-state index in [1.165, 1.54) is 0 Å². The summed E-state index contributed by atoms with van der Waals surface area (Å²) in [6.07, 6.45) is 0.651. The molecule has 29 heavy (non-hydrogen) atoms. The van der Waals surface area contributed by atoms with Crippen LogP contribution < -0.4 is 10.2 Å². The predicted octanol–water partition coefficient (Wildman–Crippen LogP) is 4.07. The van der Waals surface area contributed by atoms with Crippen molar-refractivity contribution in [2.45, 2.75) is 51.2 Å². The first-order chi connectivity index (χ1) is 13.8. The van der Waals surface area contributed by atoms with Gasteiger partial charge in [0.15, 0.2) is 5.82 Å². The van der Waals surface area contributed by atoms with Gasteiger partial charge in [-0.25, -0.2) is 0 Å². The summed E-state index contributed by atoms with van der Waals surface area (Å²) in [5.41, 5.74) is 1.22. The van der Waals surface area contributed by atoms with E-state index in [0.29, 0.717) is 22.9 Å². The molecule has 2 aliphatic rings. The Morgan fingerprint density at radius 2 is 1.97 bits per heavy atom. The molecule has 4 rings (SSSR count). The number of aryl methyl sites for hydroxylation is 2. The van der Waals surface area contributed by atoms with Gasteiger partial charge in [0, 0.05) is 24.7 Å². The molecule has 2 N–H and O–H groups in total. The van der Waals surface area contributed by atoms with E-state index in [2.05, 4.69) is 20.4 Å². The third kappa shape index (κ3) is 4.03. The van der Waals surface area contributed by atoms with Crippen LogP contribution in [0.25, 0.3) is 11.3 Å². The third-order valence-electron chi connectivity index (χ3n) is 5.83. The van der Waals surface area contributed by atoms with Crippen molar-refractivity contribution >= 4 is 5.82 Å². The Labute approximate surface area is 167 Å². The van der Waals surface area contributed by atoms with E-state index in [0.717, 1.165) is 75.3 Å². The maximum absolute atomic E-state index is 13.0. The number of piperidine rings is 1. The minimum Gasteiger partial charge on any atom is -0.507 e. The second-order valence-corrected chi connectivity index (χ2v) is 7.91. The summed E-state index contributed by atoms with van der Waals surface area (Å²) in [7, 11) is 0. The van der Waals surface area contributed by atoms with Crippen molar-refractivity contribution < 1.29 is 18.3 Å². The average Bonchev–Trinajstić information content (AvgIpc) is 2.89. The highest BCUT2D eigenvalue weighted by Gasteiger charge is 2.32. The van der Waals surface area contributed by atoms with Crippen LogP contribution in [0, 0.1) is 6.92 Å². The van der Waals surface area contributed by atoms with Crippen LogP contribution in [-0.2, 0) is 12.6 Å². The van der Waals surface area contributed by atoms with Gasteiger partial charge in [-0.15, -0.1) is 10.2 Å². The second-order valence-electron chi connectivity index (χ2n) is 7.91. The van der Waals surface area contributed by atoms with Gasteiger partial charge in [-0.3, -0.25) is 0 Å². The molecule has 0 unspecified atom stereocenters. The number of hydrogen-bond donors (Lipinski definition) is 2. The lowest BCUT2D eigenvalue weighted by Gasteiger charge is -2.35. The molecular formula is C21H25F3N4O. The molecule has 2 aromatic rings. The number of benzene rings is 1. The van der Waals surface area contributed by atoms with Crippen LogP contribution >= 0.6 is 0 Å².